The van der Waals surface area contributed by atoms with Crippen molar-refractivity contribution in [2.75, 3.05) is 0 Å². The van der Waals surface area contributed by atoms with Gasteiger partial charge >= 0.3 is 0 Å². The molecule has 2 aromatic carbocycles. The molecule has 0 heterocycles. The summed E-state index contributed by atoms with van der Waals surface area (Å²) in [7, 11) is 0. The van der Waals surface area contributed by atoms with Crippen LogP contribution in [0.5, 0.6) is 0 Å². The first kappa shape index (κ1) is 16.2. The normalized spacial score (nSPS) is 17.1. The number of aryl methyl sites for hydroxylation is 3. The first-order valence-electron chi connectivity index (χ1n) is 9.10. The zero-order valence-corrected chi connectivity index (χ0v) is 14.4. The fourth-order valence-electron chi connectivity index (χ4n) is 3.73. The molecule has 1 aliphatic carbocycles. The van der Waals surface area contributed by atoms with Gasteiger partial charge in [0.05, 0.1) is 0 Å². The third-order valence-corrected chi connectivity index (χ3v) is 5.23. The van der Waals surface area contributed by atoms with Gasteiger partial charge in [0.1, 0.15) is 5.82 Å². The molecule has 1 heteroatoms. The molecule has 0 saturated carbocycles. The Morgan fingerprint density at radius 3 is 2.57 bits per heavy atom. The van der Waals surface area contributed by atoms with E-state index in [0.29, 0.717) is 5.92 Å². The molecule has 1 unspecified atom stereocenters. The van der Waals surface area contributed by atoms with Gasteiger partial charge in [0.15, 0.2) is 0 Å². The van der Waals surface area contributed by atoms with Crippen LogP contribution < -0.4 is 0 Å². The van der Waals surface area contributed by atoms with Gasteiger partial charge in [0.25, 0.3) is 0 Å². The van der Waals surface area contributed by atoms with Crippen LogP contribution in [-0.2, 0) is 25.7 Å². The Morgan fingerprint density at radius 2 is 1.83 bits per heavy atom. The largest absolute Gasteiger partial charge is 0.207 e. The summed E-state index contributed by atoms with van der Waals surface area (Å²) in [5, 5.41) is 0. The molecule has 23 heavy (non-hydrogen) atoms. The Balaban J connectivity index is 1.78. The maximum absolute atomic E-state index is 14.6. The molecule has 1 atom stereocenters. The van der Waals surface area contributed by atoms with Crippen molar-refractivity contribution in [1.82, 2.24) is 0 Å². The van der Waals surface area contributed by atoms with Gasteiger partial charge in [0.2, 0.25) is 0 Å². The van der Waals surface area contributed by atoms with Crippen LogP contribution in [0.4, 0.5) is 4.39 Å². The van der Waals surface area contributed by atoms with Crippen molar-refractivity contribution in [2.45, 2.75) is 64.7 Å². The van der Waals surface area contributed by atoms with Crippen LogP contribution in [0.3, 0.4) is 0 Å². The average molecular weight is 310 g/mol. The maximum Gasteiger partial charge on any atom is 0.126 e. The van der Waals surface area contributed by atoms with E-state index in [1.54, 1.807) is 6.07 Å². The highest BCUT2D eigenvalue weighted by Crippen LogP contribution is 2.34. The Hall–Kier alpha value is -1.63. The number of unbranched alkanes of at least 4 members (excludes halogenated alkanes) is 1. The molecule has 1 aliphatic rings. The summed E-state index contributed by atoms with van der Waals surface area (Å²) in [4.78, 5) is 0. The maximum atomic E-state index is 14.6. The highest BCUT2D eigenvalue weighted by atomic mass is 19.1. The van der Waals surface area contributed by atoms with Crippen LogP contribution in [0, 0.1) is 5.82 Å². The second-order valence-corrected chi connectivity index (χ2v) is 6.86. The lowest BCUT2D eigenvalue weighted by molar-refractivity contribution is 0.532. The number of rotatable bonds is 5. The highest BCUT2D eigenvalue weighted by Gasteiger charge is 2.22. The molecule has 0 bridgehead atoms. The van der Waals surface area contributed by atoms with Gasteiger partial charge in [-0.2, -0.15) is 0 Å². The summed E-state index contributed by atoms with van der Waals surface area (Å²) in [6, 6.07) is 12.8. The SMILES string of the molecule is CCCCc1ccc(C2CCc3cc(CC)ccc3C2)c(F)c1. The summed E-state index contributed by atoms with van der Waals surface area (Å²) in [6.07, 6.45) is 7.48. The standard InChI is InChI=1S/C22H27F/c1-3-5-6-17-8-12-21(22(23)14-17)20-11-10-18-13-16(4-2)7-9-19(18)15-20/h7-9,12-14,20H,3-6,10-11,15H2,1-2H3. The summed E-state index contributed by atoms with van der Waals surface area (Å²) in [5.41, 5.74) is 6.34. The lowest BCUT2D eigenvalue weighted by Gasteiger charge is -2.26. The lowest BCUT2D eigenvalue weighted by atomic mass is 9.79. The van der Waals surface area contributed by atoms with E-state index in [1.807, 2.05) is 6.07 Å². The monoisotopic (exact) mass is 310 g/mol. The first-order chi connectivity index (χ1) is 11.2. The zero-order valence-electron chi connectivity index (χ0n) is 14.4. The fraction of sp³-hybridized carbons (Fsp3) is 0.455. The number of hydrogen-bond acceptors (Lipinski definition) is 0. The second kappa shape index (κ2) is 7.29. The van der Waals surface area contributed by atoms with Gasteiger partial charge in [-0.25, -0.2) is 4.39 Å². The Labute approximate surface area is 139 Å². The number of hydrogen-bond donors (Lipinski definition) is 0. The van der Waals surface area contributed by atoms with Crippen molar-refractivity contribution >= 4 is 0 Å². The van der Waals surface area contributed by atoms with Crippen LogP contribution in [0.25, 0.3) is 0 Å². The summed E-state index contributed by atoms with van der Waals surface area (Å²) in [5.74, 6) is 0.326. The predicted molar refractivity (Wildman–Crippen MR) is 95.6 cm³/mol. The molecule has 0 saturated heterocycles. The van der Waals surface area contributed by atoms with Gasteiger partial charge in [-0.1, -0.05) is 50.6 Å². The van der Waals surface area contributed by atoms with E-state index in [2.05, 4.69) is 38.1 Å². The van der Waals surface area contributed by atoms with Gasteiger partial charge in [-0.05, 0) is 78.3 Å². The van der Waals surface area contributed by atoms with Crippen molar-refractivity contribution in [3.8, 4) is 0 Å². The van der Waals surface area contributed by atoms with Crippen LogP contribution in [0.1, 0.15) is 66.8 Å². The number of fused-ring (bicyclic) bond motifs is 1. The van der Waals surface area contributed by atoms with Gasteiger partial charge < -0.3 is 0 Å². The molecule has 122 valence electrons. The summed E-state index contributed by atoms with van der Waals surface area (Å²) in [6.45, 7) is 4.37. The minimum Gasteiger partial charge on any atom is -0.207 e. The molecule has 0 nitrogen and oxygen atoms in total. The molecule has 0 aromatic heterocycles. The minimum atomic E-state index is -0.00256. The number of benzene rings is 2. The average Bonchev–Trinajstić information content (AvgIpc) is 2.59. The van der Waals surface area contributed by atoms with Crippen molar-refractivity contribution in [2.24, 2.45) is 0 Å². The van der Waals surface area contributed by atoms with E-state index >= 15 is 0 Å². The van der Waals surface area contributed by atoms with E-state index in [9.17, 15) is 4.39 Å². The van der Waals surface area contributed by atoms with Crippen LogP contribution in [-0.4, -0.2) is 0 Å². The summed E-state index contributed by atoms with van der Waals surface area (Å²) >= 11 is 0. The van der Waals surface area contributed by atoms with Gasteiger partial charge in [-0.3, -0.25) is 0 Å². The molecule has 0 fully saturated rings. The predicted octanol–water partition coefficient (Wildman–Crippen LogP) is 6.00. The third-order valence-electron chi connectivity index (χ3n) is 5.23. The molecule has 0 N–H and O–H groups in total. The molecular weight excluding hydrogens is 283 g/mol. The van der Waals surface area contributed by atoms with Crippen molar-refractivity contribution in [3.63, 3.8) is 0 Å². The zero-order chi connectivity index (χ0) is 16.2. The molecule has 3 rings (SSSR count). The number of halogens is 1. The highest BCUT2D eigenvalue weighted by molar-refractivity contribution is 5.38. The van der Waals surface area contributed by atoms with Crippen molar-refractivity contribution < 1.29 is 4.39 Å². The van der Waals surface area contributed by atoms with Gasteiger partial charge in [-0.15, -0.1) is 0 Å². The smallest absolute Gasteiger partial charge is 0.126 e. The summed E-state index contributed by atoms with van der Waals surface area (Å²) < 4.78 is 14.6. The molecule has 0 aliphatic heterocycles. The molecular formula is C22H27F. The molecule has 0 radical (unpaired) electrons. The van der Waals surface area contributed by atoms with E-state index in [0.717, 1.165) is 56.1 Å². The van der Waals surface area contributed by atoms with E-state index < -0.39 is 0 Å². The Kier molecular flexibility index (Phi) is 5.15. The van der Waals surface area contributed by atoms with Crippen molar-refractivity contribution in [3.05, 3.63) is 70.0 Å². The molecule has 0 amide bonds. The van der Waals surface area contributed by atoms with E-state index in [1.165, 1.54) is 16.7 Å². The van der Waals surface area contributed by atoms with E-state index in [4.69, 9.17) is 0 Å². The molecule has 0 spiro atoms. The van der Waals surface area contributed by atoms with Crippen LogP contribution >= 0.6 is 0 Å². The Morgan fingerprint density at radius 1 is 1.00 bits per heavy atom. The first-order valence-corrected chi connectivity index (χ1v) is 9.10. The van der Waals surface area contributed by atoms with Gasteiger partial charge in [0, 0.05) is 0 Å². The quantitative estimate of drug-likeness (QED) is 0.635. The topological polar surface area (TPSA) is 0 Å². The van der Waals surface area contributed by atoms with Crippen LogP contribution in [0.15, 0.2) is 36.4 Å². The minimum absolute atomic E-state index is 0.00256. The van der Waals surface area contributed by atoms with Crippen LogP contribution in [0.2, 0.25) is 0 Å². The Bertz CT molecular complexity index is 672. The van der Waals surface area contributed by atoms with Crippen molar-refractivity contribution in [1.29, 1.82) is 0 Å². The molecule has 2 aromatic rings. The fourth-order valence-corrected chi connectivity index (χ4v) is 3.73. The second-order valence-electron chi connectivity index (χ2n) is 6.86. The lowest BCUT2D eigenvalue weighted by Crippen LogP contribution is -2.14. The van der Waals surface area contributed by atoms with E-state index in [-0.39, 0.29) is 5.82 Å². The third kappa shape index (κ3) is 3.65.